The van der Waals surface area contributed by atoms with Crippen LogP contribution >= 0.6 is 0 Å². The third kappa shape index (κ3) is 1.47. The van der Waals surface area contributed by atoms with Gasteiger partial charge >= 0.3 is 0 Å². The zero-order valence-corrected chi connectivity index (χ0v) is 9.52. The van der Waals surface area contributed by atoms with Crippen molar-refractivity contribution in [3.63, 3.8) is 0 Å². The lowest BCUT2D eigenvalue weighted by Gasteiger charge is -2.26. The Bertz CT molecular complexity index is 586. The van der Waals surface area contributed by atoms with E-state index in [0.717, 1.165) is 0 Å². The second-order valence-electron chi connectivity index (χ2n) is 4.38. The lowest BCUT2D eigenvalue weighted by molar-refractivity contribution is -0.0400. The summed E-state index contributed by atoms with van der Waals surface area (Å²) in [5.74, 6) is 0.283. The van der Waals surface area contributed by atoms with Crippen molar-refractivity contribution in [3.05, 3.63) is 12.7 Å². The fourth-order valence-corrected chi connectivity index (χ4v) is 2.19. The molecule has 0 spiro atoms. The molecule has 18 heavy (non-hydrogen) atoms. The van der Waals surface area contributed by atoms with Gasteiger partial charge in [-0.15, -0.1) is 0 Å². The molecule has 0 unspecified atom stereocenters. The molecule has 0 aromatic carbocycles. The molecule has 0 radical (unpaired) electrons. The van der Waals surface area contributed by atoms with Crippen LogP contribution in [0.4, 0.5) is 5.82 Å². The molecule has 1 saturated heterocycles. The molecule has 4 N–H and O–H groups in total. The first-order chi connectivity index (χ1) is 8.65. The summed E-state index contributed by atoms with van der Waals surface area (Å²) < 4.78 is 6.90. The standard InChI is InChI=1S/C10H13N5O3/c11-8-7-9(13-4-12-8)15(5-14-7)6-1-18-3-10(6,17)2-16/h4-6,16-17H,1-3H2,(H2,11,12,13)/t6-,10-/m0/s1. The van der Waals surface area contributed by atoms with Crippen molar-refractivity contribution in [2.24, 2.45) is 0 Å². The number of aromatic nitrogens is 4. The molecule has 3 rings (SSSR count). The average molecular weight is 251 g/mol. The van der Waals surface area contributed by atoms with Gasteiger partial charge in [-0.25, -0.2) is 15.0 Å². The van der Waals surface area contributed by atoms with Crippen molar-refractivity contribution < 1.29 is 14.9 Å². The van der Waals surface area contributed by atoms with Gasteiger partial charge in [-0.3, -0.25) is 0 Å². The van der Waals surface area contributed by atoms with Crippen LogP contribution in [0, 0.1) is 0 Å². The van der Waals surface area contributed by atoms with Crippen LogP contribution < -0.4 is 5.73 Å². The third-order valence-corrected chi connectivity index (χ3v) is 3.24. The van der Waals surface area contributed by atoms with Gasteiger partial charge in [0.15, 0.2) is 11.5 Å². The Balaban J connectivity index is 2.12. The number of anilines is 1. The quantitative estimate of drug-likeness (QED) is 0.607. The molecule has 96 valence electrons. The van der Waals surface area contributed by atoms with Gasteiger partial charge in [0.05, 0.1) is 32.2 Å². The van der Waals surface area contributed by atoms with E-state index >= 15 is 0 Å². The Morgan fingerprint density at radius 1 is 1.50 bits per heavy atom. The molecule has 3 heterocycles. The number of hydrogen-bond donors (Lipinski definition) is 3. The van der Waals surface area contributed by atoms with Crippen LogP contribution in [0.2, 0.25) is 0 Å². The molecule has 2 aromatic heterocycles. The molecule has 2 aromatic rings. The Labute approximate surface area is 102 Å². The summed E-state index contributed by atoms with van der Waals surface area (Å²) in [6.07, 6.45) is 2.86. The average Bonchev–Trinajstić information content (AvgIpc) is 2.94. The van der Waals surface area contributed by atoms with Crippen molar-refractivity contribution in [2.45, 2.75) is 11.6 Å². The van der Waals surface area contributed by atoms with E-state index in [9.17, 15) is 10.2 Å². The number of aliphatic hydroxyl groups excluding tert-OH is 1. The van der Waals surface area contributed by atoms with Crippen LogP contribution in [-0.4, -0.2) is 55.2 Å². The molecule has 0 amide bonds. The number of nitrogens with zero attached hydrogens (tertiary/aromatic N) is 4. The maximum Gasteiger partial charge on any atom is 0.165 e. The normalized spacial score (nSPS) is 28.0. The summed E-state index contributed by atoms with van der Waals surface area (Å²) in [5, 5.41) is 19.6. The lowest BCUT2D eigenvalue weighted by atomic mass is 9.99. The first-order valence-electron chi connectivity index (χ1n) is 5.50. The number of nitrogen functional groups attached to an aromatic ring is 1. The number of fused-ring (bicyclic) bond motifs is 1. The van der Waals surface area contributed by atoms with E-state index in [1.165, 1.54) is 12.7 Å². The Morgan fingerprint density at radius 2 is 2.33 bits per heavy atom. The largest absolute Gasteiger partial charge is 0.393 e. The van der Waals surface area contributed by atoms with E-state index in [2.05, 4.69) is 15.0 Å². The molecule has 0 saturated carbocycles. The van der Waals surface area contributed by atoms with Gasteiger partial charge in [-0.2, -0.15) is 0 Å². The highest BCUT2D eigenvalue weighted by Gasteiger charge is 2.44. The third-order valence-electron chi connectivity index (χ3n) is 3.24. The van der Waals surface area contributed by atoms with Crippen LogP contribution in [-0.2, 0) is 4.74 Å². The van der Waals surface area contributed by atoms with Crippen molar-refractivity contribution in [1.82, 2.24) is 19.5 Å². The van der Waals surface area contributed by atoms with E-state index in [0.29, 0.717) is 11.2 Å². The highest BCUT2D eigenvalue weighted by Crippen LogP contribution is 2.32. The van der Waals surface area contributed by atoms with E-state index in [4.69, 9.17) is 10.5 Å². The summed E-state index contributed by atoms with van der Waals surface area (Å²) >= 11 is 0. The van der Waals surface area contributed by atoms with Crippen molar-refractivity contribution in [3.8, 4) is 0 Å². The fourth-order valence-electron chi connectivity index (χ4n) is 2.19. The summed E-state index contributed by atoms with van der Waals surface area (Å²) in [5.41, 5.74) is 5.37. The number of rotatable bonds is 2. The zero-order valence-electron chi connectivity index (χ0n) is 9.52. The molecule has 0 aliphatic carbocycles. The topological polar surface area (TPSA) is 119 Å². The zero-order chi connectivity index (χ0) is 12.8. The predicted molar refractivity (Wildman–Crippen MR) is 61.6 cm³/mol. The van der Waals surface area contributed by atoms with Gasteiger partial charge in [0.1, 0.15) is 17.4 Å². The maximum atomic E-state index is 10.3. The monoisotopic (exact) mass is 251 g/mol. The minimum atomic E-state index is -1.33. The van der Waals surface area contributed by atoms with Gasteiger partial charge in [0.25, 0.3) is 0 Å². The van der Waals surface area contributed by atoms with Gasteiger partial charge in [0, 0.05) is 0 Å². The molecule has 0 bridgehead atoms. The van der Waals surface area contributed by atoms with Crippen molar-refractivity contribution in [2.75, 3.05) is 25.6 Å². The fraction of sp³-hybridized carbons (Fsp3) is 0.500. The second kappa shape index (κ2) is 3.87. The van der Waals surface area contributed by atoms with Crippen LogP contribution in [0.3, 0.4) is 0 Å². The molecule has 8 heteroatoms. The van der Waals surface area contributed by atoms with Gasteiger partial charge in [-0.05, 0) is 0 Å². The first kappa shape index (κ1) is 11.3. The number of imidazole rings is 1. The highest BCUT2D eigenvalue weighted by molar-refractivity contribution is 5.81. The first-order valence-corrected chi connectivity index (χ1v) is 5.50. The Morgan fingerprint density at radius 3 is 3.11 bits per heavy atom. The van der Waals surface area contributed by atoms with E-state index in [-0.39, 0.29) is 19.0 Å². The van der Waals surface area contributed by atoms with E-state index in [1.807, 2.05) is 0 Å². The van der Waals surface area contributed by atoms with Crippen LogP contribution in [0.1, 0.15) is 6.04 Å². The highest BCUT2D eigenvalue weighted by atomic mass is 16.5. The van der Waals surface area contributed by atoms with Crippen LogP contribution in [0.15, 0.2) is 12.7 Å². The van der Waals surface area contributed by atoms with Gasteiger partial charge < -0.3 is 25.3 Å². The van der Waals surface area contributed by atoms with Gasteiger partial charge in [0.2, 0.25) is 0 Å². The minimum Gasteiger partial charge on any atom is -0.393 e. The molecule has 1 fully saturated rings. The molecule has 1 aliphatic heterocycles. The summed E-state index contributed by atoms with van der Waals surface area (Å²) in [7, 11) is 0. The second-order valence-corrected chi connectivity index (χ2v) is 4.38. The molecule has 2 atom stereocenters. The molecule has 1 aliphatic rings. The maximum absolute atomic E-state index is 10.3. The Kier molecular flexibility index (Phi) is 2.44. The number of ether oxygens (including phenoxy) is 1. The van der Waals surface area contributed by atoms with Gasteiger partial charge in [-0.1, -0.05) is 0 Å². The van der Waals surface area contributed by atoms with E-state index < -0.39 is 18.2 Å². The number of hydrogen-bond acceptors (Lipinski definition) is 7. The SMILES string of the molecule is Nc1ncnc2c1ncn2[C@H]1COC[C@@]1(O)CO. The summed E-state index contributed by atoms with van der Waals surface area (Å²) in [6, 6.07) is -0.443. The molecular weight excluding hydrogens is 238 g/mol. The molecular formula is C10H13N5O3. The minimum absolute atomic E-state index is 0.0778. The predicted octanol–water partition coefficient (Wildman–Crippen LogP) is -1.30. The smallest absolute Gasteiger partial charge is 0.165 e. The molecule has 8 nitrogen and oxygen atoms in total. The summed E-state index contributed by atoms with van der Waals surface area (Å²) in [6.45, 7) is -0.0290. The number of aliphatic hydroxyl groups is 2. The lowest BCUT2D eigenvalue weighted by Crippen LogP contribution is -2.42. The summed E-state index contributed by atoms with van der Waals surface area (Å²) in [4.78, 5) is 12.1. The van der Waals surface area contributed by atoms with Crippen molar-refractivity contribution >= 4 is 17.0 Å². The van der Waals surface area contributed by atoms with Crippen LogP contribution in [0.5, 0.6) is 0 Å². The number of nitrogens with two attached hydrogens (primary N) is 1. The van der Waals surface area contributed by atoms with Crippen molar-refractivity contribution in [1.29, 1.82) is 0 Å². The Hall–Kier alpha value is -1.77. The van der Waals surface area contributed by atoms with E-state index in [1.54, 1.807) is 4.57 Å². The van der Waals surface area contributed by atoms with Crippen LogP contribution in [0.25, 0.3) is 11.2 Å².